The lowest BCUT2D eigenvalue weighted by Gasteiger charge is -2.24. The van der Waals surface area contributed by atoms with Crippen molar-refractivity contribution in [3.8, 4) is 11.8 Å². The van der Waals surface area contributed by atoms with E-state index < -0.39 is 12.2 Å². The Labute approximate surface area is 224 Å². The molecule has 2 atom stereocenters. The summed E-state index contributed by atoms with van der Waals surface area (Å²) in [6, 6.07) is 5.66. The first-order valence-corrected chi connectivity index (χ1v) is 13.4. The van der Waals surface area contributed by atoms with Crippen LogP contribution in [0.2, 0.25) is 0 Å². The molecule has 2 N–H and O–H groups in total. The number of carbonyl (C=O) groups excluding carboxylic acids is 1. The van der Waals surface area contributed by atoms with Crippen LogP contribution in [0.15, 0.2) is 24.3 Å². The highest BCUT2D eigenvalue weighted by atomic mass is 19.1. The lowest BCUT2D eigenvalue weighted by atomic mass is 9.99. The van der Waals surface area contributed by atoms with Crippen LogP contribution in [0.5, 0.6) is 11.8 Å². The predicted molar refractivity (Wildman–Crippen MR) is 142 cm³/mol. The molecule has 39 heavy (non-hydrogen) atoms. The smallest absolute Gasteiger partial charge is 0.318 e. The Balaban J connectivity index is 1.42. The summed E-state index contributed by atoms with van der Waals surface area (Å²) < 4.78 is 40.5. The monoisotopic (exact) mass is 539 g/mol. The molecule has 2 saturated heterocycles. The quantitative estimate of drug-likeness (QED) is 0.491. The maximum absolute atomic E-state index is 14.8. The number of halogens is 2. The number of anilines is 2. The van der Waals surface area contributed by atoms with E-state index in [-0.39, 0.29) is 36.6 Å². The average Bonchev–Trinajstić information content (AvgIpc) is 3.36. The van der Waals surface area contributed by atoms with Gasteiger partial charge in [0.2, 0.25) is 0 Å². The van der Waals surface area contributed by atoms with Gasteiger partial charge >= 0.3 is 6.01 Å². The van der Waals surface area contributed by atoms with Crippen molar-refractivity contribution in [2.75, 3.05) is 49.3 Å². The van der Waals surface area contributed by atoms with Gasteiger partial charge in [-0.2, -0.15) is 9.97 Å². The number of phenols is 1. The fourth-order valence-corrected chi connectivity index (χ4v) is 5.71. The van der Waals surface area contributed by atoms with Crippen LogP contribution >= 0.6 is 0 Å². The number of hydrogen-bond donors (Lipinski definition) is 2. The standard InChI is InChI=1S/C28H31F2N5O4/c1-2-18-19(29)5-4-16-12-17(36)13-23(24(16)18)35-14-21-25(27(35)37)26(34-8-3-10-38-11-9-34)33-28(32-21)39-15-22-20(30)6-7-31-22/h4-5,12-13,20,22,31,36H,2-3,6-11,14-15H2,1H3/t20-,22+/m0/s1. The van der Waals surface area contributed by atoms with Gasteiger partial charge in [0.15, 0.2) is 0 Å². The molecule has 9 nitrogen and oxygen atoms in total. The molecule has 2 fully saturated rings. The largest absolute Gasteiger partial charge is 0.508 e. The minimum Gasteiger partial charge on any atom is -0.508 e. The van der Waals surface area contributed by atoms with E-state index in [0.29, 0.717) is 84.8 Å². The number of phenolic OH excluding ortho intramolecular Hbond substituents is 1. The fraction of sp³-hybridized carbons (Fsp3) is 0.464. The van der Waals surface area contributed by atoms with Crippen molar-refractivity contribution in [2.24, 2.45) is 0 Å². The van der Waals surface area contributed by atoms with Crippen molar-refractivity contribution in [3.63, 3.8) is 0 Å². The Bertz CT molecular complexity index is 1410. The normalized spacial score (nSPS) is 21.5. The highest BCUT2D eigenvalue weighted by Crippen LogP contribution is 2.41. The predicted octanol–water partition coefficient (Wildman–Crippen LogP) is 3.50. The number of aromatic nitrogens is 2. The van der Waals surface area contributed by atoms with Crippen LogP contribution in [0, 0.1) is 5.82 Å². The summed E-state index contributed by atoms with van der Waals surface area (Å²) in [6.07, 6.45) is 0.599. The SMILES string of the molecule is CCc1c(F)ccc2cc(O)cc(N3Cc4nc(OC[C@H]5NCC[C@@H]5F)nc(N5CCCOCC5)c4C3=O)c12. The van der Waals surface area contributed by atoms with E-state index >= 15 is 0 Å². The highest BCUT2D eigenvalue weighted by Gasteiger charge is 2.38. The third kappa shape index (κ3) is 4.74. The summed E-state index contributed by atoms with van der Waals surface area (Å²) in [5.74, 6) is -0.292. The number of carbonyl (C=O) groups is 1. The number of amides is 1. The van der Waals surface area contributed by atoms with Gasteiger partial charge in [-0.3, -0.25) is 4.79 Å². The molecule has 1 aromatic heterocycles. The number of alkyl halides is 1. The first-order valence-electron chi connectivity index (χ1n) is 13.4. The third-order valence-corrected chi connectivity index (χ3v) is 7.66. The Kier molecular flexibility index (Phi) is 6.94. The van der Waals surface area contributed by atoms with Gasteiger partial charge in [0.25, 0.3) is 5.91 Å². The molecular formula is C28H31F2N5O4. The summed E-state index contributed by atoms with van der Waals surface area (Å²) in [6.45, 7) is 4.86. The molecule has 11 heteroatoms. The summed E-state index contributed by atoms with van der Waals surface area (Å²) >= 11 is 0. The number of aryl methyl sites for hydroxylation is 1. The van der Waals surface area contributed by atoms with Gasteiger partial charge in [-0.25, -0.2) is 8.78 Å². The van der Waals surface area contributed by atoms with Gasteiger partial charge in [-0.05, 0) is 48.9 Å². The molecule has 0 spiro atoms. The highest BCUT2D eigenvalue weighted by molar-refractivity contribution is 6.16. The maximum Gasteiger partial charge on any atom is 0.318 e. The zero-order chi connectivity index (χ0) is 27.1. The third-order valence-electron chi connectivity index (χ3n) is 7.66. The molecule has 4 heterocycles. The van der Waals surface area contributed by atoms with Crippen LogP contribution in [0.3, 0.4) is 0 Å². The lowest BCUT2D eigenvalue weighted by Crippen LogP contribution is -2.35. The van der Waals surface area contributed by atoms with Crippen LogP contribution in [0.1, 0.15) is 41.4 Å². The zero-order valence-corrected chi connectivity index (χ0v) is 21.8. The zero-order valence-electron chi connectivity index (χ0n) is 21.8. The van der Waals surface area contributed by atoms with E-state index in [1.54, 1.807) is 12.1 Å². The van der Waals surface area contributed by atoms with Crippen molar-refractivity contribution >= 4 is 28.2 Å². The summed E-state index contributed by atoms with van der Waals surface area (Å²) in [5.41, 5.74) is 1.69. The van der Waals surface area contributed by atoms with Crippen LogP contribution in [0.25, 0.3) is 10.8 Å². The number of hydrogen-bond acceptors (Lipinski definition) is 8. The number of aromatic hydroxyl groups is 1. The fourth-order valence-electron chi connectivity index (χ4n) is 5.71. The molecule has 3 aromatic rings. The molecule has 2 aromatic carbocycles. The Morgan fingerprint density at radius 3 is 2.90 bits per heavy atom. The Hall–Kier alpha value is -3.57. The summed E-state index contributed by atoms with van der Waals surface area (Å²) in [7, 11) is 0. The van der Waals surface area contributed by atoms with Gasteiger partial charge in [0, 0.05) is 31.1 Å². The van der Waals surface area contributed by atoms with Crippen molar-refractivity contribution < 1.29 is 28.2 Å². The van der Waals surface area contributed by atoms with E-state index in [1.807, 2.05) is 11.8 Å². The number of nitrogens with zero attached hydrogens (tertiary/aromatic N) is 4. The van der Waals surface area contributed by atoms with E-state index in [4.69, 9.17) is 9.47 Å². The molecule has 3 aliphatic rings. The molecule has 0 saturated carbocycles. The average molecular weight is 540 g/mol. The van der Waals surface area contributed by atoms with Crippen molar-refractivity contribution in [1.82, 2.24) is 15.3 Å². The molecule has 0 aliphatic carbocycles. The van der Waals surface area contributed by atoms with Crippen molar-refractivity contribution in [1.29, 1.82) is 0 Å². The first kappa shape index (κ1) is 25.7. The van der Waals surface area contributed by atoms with E-state index in [2.05, 4.69) is 15.3 Å². The van der Waals surface area contributed by atoms with Crippen molar-refractivity contribution in [2.45, 2.75) is 44.9 Å². The summed E-state index contributed by atoms with van der Waals surface area (Å²) in [4.78, 5) is 26.7. The molecule has 0 unspecified atom stereocenters. The van der Waals surface area contributed by atoms with E-state index in [9.17, 15) is 18.7 Å². The number of nitrogens with one attached hydrogen (secondary N) is 1. The number of rotatable bonds is 6. The van der Waals surface area contributed by atoms with Crippen molar-refractivity contribution in [3.05, 3.63) is 46.9 Å². The second-order valence-electron chi connectivity index (χ2n) is 10.1. The first-order chi connectivity index (χ1) is 18.9. The topological polar surface area (TPSA) is 100 Å². The lowest BCUT2D eigenvalue weighted by molar-refractivity contribution is 0.0997. The van der Waals surface area contributed by atoms with Crippen LogP contribution in [0.4, 0.5) is 20.3 Å². The van der Waals surface area contributed by atoms with E-state index in [1.165, 1.54) is 17.0 Å². The molecular weight excluding hydrogens is 508 g/mol. The van der Waals surface area contributed by atoms with Crippen LogP contribution < -0.4 is 19.9 Å². The van der Waals surface area contributed by atoms with Crippen LogP contribution in [-0.2, 0) is 17.7 Å². The van der Waals surface area contributed by atoms with Gasteiger partial charge in [0.05, 0.1) is 30.6 Å². The van der Waals surface area contributed by atoms with Gasteiger partial charge < -0.3 is 29.7 Å². The van der Waals surface area contributed by atoms with E-state index in [0.717, 1.165) is 6.42 Å². The summed E-state index contributed by atoms with van der Waals surface area (Å²) in [5, 5.41) is 14.8. The molecule has 1 amide bonds. The maximum atomic E-state index is 14.8. The van der Waals surface area contributed by atoms with Gasteiger partial charge in [-0.15, -0.1) is 0 Å². The van der Waals surface area contributed by atoms with Crippen LogP contribution in [-0.4, -0.2) is 72.7 Å². The number of benzene rings is 2. The molecule has 206 valence electrons. The minimum atomic E-state index is -1.01. The van der Waals surface area contributed by atoms with Gasteiger partial charge in [-0.1, -0.05) is 13.0 Å². The molecule has 6 rings (SSSR count). The number of ether oxygens (including phenoxy) is 2. The molecule has 3 aliphatic heterocycles. The molecule has 0 radical (unpaired) electrons. The Morgan fingerprint density at radius 1 is 1.23 bits per heavy atom. The Morgan fingerprint density at radius 2 is 2.10 bits per heavy atom. The number of fused-ring (bicyclic) bond motifs is 2. The van der Waals surface area contributed by atoms with Gasteiger partial charge in [0.1, 0.15) is 35.7 Å². The second kappa shape index (κ2) is 10.5. The second-order valence-corrected chi connectivity index (χ2v) is 10.1. The minimum absolute atomic E-state index is 0.0280. The molecule has 0 bridgehead atoms.